The van der Waals surface area contributed by atoms with Gasteiger partial charge in [0.05, 0.1) is 0 Å². The van der Waals surface area contributed by atoms with E-state index in [2.05, 4.69) is 23.5 Å². The van der Waals surface area contributed by atoms with Gasteiger partial charge in [-0.05, 0) is 29.1 Å². The van der Waals surface area contributed by atoms with E-state index in [0.717, 1.165) is 11.3 Å². The van der Waals surface area contributed by atoms with E-state index >= 15 is 0 Å². The number of nitrogens with one attached hydrogen (secondary N) is 1. The van der Waals surface area contributed by atoms with Crippen LogP contribution in [-0.2, 0) is 6.54 Å². The van der Waals surface area contributed by atoms with Crippen molar-refractivity contribution in [3.63, 3.8) is 0 Å². The minimum Gasteiger partial charge on any atom is -0.380 e. The molecule has 0 bridgehead atoms. The average molecular weight is 251 g/mol. The van der Waals surface area contributed by atoms with Crippen LogP contribution in [-0.4, -0.2) is 0 Å². The van der Waals surface area contributed by atoms with Crippen LogP contribution in [0.4, 0.5) is 10.1 Å². The largest absolute Gasteiger partial charge is 0.380 e. The van der Waals surface area contributed by atoms with E-state index in [9.17, 15) is 4.39 Å². The molecule has 0 aromatic heterocycles. The first-order valence-corrected chi connectivity index (χ1v) is 6.29. The van der Waals surface area contributed by atoms with Crippen LogP contribution < -0.4 is 5.32 Å². The summed E-state index contributed by atoms with van der Waals surface area (Å²) in [5.74, 6) is -0.197. The van der Waals surface area contributed by atoms with Crippen LogP contribution >= 0.6 is 0 Å². The molecule has 3 aromatic rings. The molecule has 1 nitrogen and oxygen atoms in total. The quantitative estimate of drug-likeness (QED) is 0.717. The molecule has 0 aliphatic carbocycles. The molecule has 0 aliphatic heterocycles. The summed E-state index contributed by atoms with van der Waals surface area (Å²) in [7, 11) is 0. The topological polar surface area (TPSA) is 12.0 Å². The van der Waals surface area contributed by atoms with Crippen molar-refractivity contribution >= 4 is 16.5 Å². The highest BCUT2D eigenvalue weighted by molar-refractivity contribution is 5.93. The number of anilines is 1. The Kier molecular flexibility index (Phi) is 3.15. The third-order valence-electron chi connectivity index (χ3n) is 3.16. The molecule has 0 unspecified atom stereocenters. The minimum absolute atomic E-state index is 0.197. The van der Waals surface area contributed by atoms with Gasteiger partial charge in [0.2, 0.25) is 0 Å². The molecule has 19 heavy (non-hydrogen) atoms. The highest BCUT2D eigenvalue weighted by Crippen LogP contribution is 2.23. The molecule has 1 N–H and O–H groups in total. The Labute approximate surface area is 111 Å². The lowest BCUT2D eigenvalue weighted by Crippen LogP contribution is -2.00. The van der Waals surface area contributed by atoms with Crippen molar-refractivity contribution in [2.24, 2.45) is 0 Å². The van der Waals surface area contributed by atoms with Gasteiger partial charge < -0.3 is 5.32 Å². The van der Waals surface area contributed by atoms with Gasteiger partial charge in [-0.25, -0.2) is 4.39 Å². The van der Waals surface area contributed by atoms with E-state index in [0.29, 0.717) is 6.54 Å². The summed E-state index contributed by atoms with van der Waals surface area (Å²) < 4.78 is 13.1. The van der Waals surface area contributed by atoms with Gasteiger partial charge in [-0.1, -0.05) is 48.5 Å². The van der Waals surface area contributed by atoms with Crippen LogP contribution in [0.3, 0.4) is 0 Å². The molecule has 0 heterocycles. The van der Waals surface area contributed by atoms with Gasteiger partial charge in [0.25, 0.3) is 0 Å². The number of benzene rings is 3. The molecule has 3 aromatic carbocycles. The van der Waals surface area contributed by atoms with Crippen LogP contribution in [0.5, 0.6) is 0 Å². The fraction of sp³-hybridized carbons (Fsp3) is 0.0588. The molecule has 0 fully saturated rings. The molecule has 0 spiro atoms. The predicted molar refractivity (Wildman–Crippen MR) is 77.7 cm³/mol. The van der Waals surface area contributed by atoms with Gasteiger partial charge in [0.15, 0.2) is 0 Å². The van der Waals surface area contributed by atoms with E-state index in [1.807, 2.05) is 30.3 Å². The van der Waals surface area contributed by atoms with Gasteiger partial charge >= 0.3 is 0 Å². The van der Waals surface area contributed by atoms with Crippen molar-refractivity contribution in [2.75, 3.05) is 5.32 Å². The second kappa shape index (κ2) is 5.11. The fourth-order valence-corrected chi connectivity index (χ4v) is 2.22. The van der Waals surface area contributed by atoms with Crippen molar-refractivity contribution in [3.05, 3.63) is 78.1 Å². The second-order valence-electron chi connectivity index (χ2n) is 4.51. The first kappa shape index (κ1) is 11.7. The molecule has 0 saturated carbocycles. The van der Waals surface area contributed by atoms with Crippen LogP contribution in [0.1, 0.15) is 5.56 Å². The molecule has 2 heteroatoms. The van der Waals surface area contributed by atoms with Crippen LogP contribution in [0.15, 0.2) is 66.7 Å². The first-order chi connectivity index (χ1) is 9.33. The number of fused-ring (bicyclic) bond motifs is 1. The lowest BCUT2D eigenvalue weighted by molar-refractivity contribution is 0.626. The number of rotatable bonds is 3. The summed E-state index contributed by atoms with van der Waals surface area (Å²) in [4.78, 5) is 0. The summed E-state index contributed by atoms with van der Waals surface area (Å²) in [5.41, 5.74) is 2.01. The van der Waals surface area contributed by atoms with Gasteiger partial charge in [-0.15, -0.1) is 0 Å². The second-order valence-corrected chi connectivity index (χ2v) is 4.51. The summed E-state index contributed by atoms with van der Waals surface area (Å²) >= 11 is 0. The van der Waals surface area contributed by atoms with E-state index < -0.39 is 0 Å². The van der Waals surface area contributed by atoms with Crippen molar-refractivity contribution in [2.45, 2.75) is 6.54 Å². The van der Waals surface area contributed by atoms with Gasteiger partial charge in [-0.2, -0.15) is 0 Å². The van der Waals surface area contributed by atoms with Crippen molar-refractivity contribution in [3.8, 4) is 0 Å². The highest BCUT2D eigenvalue weighted by atomic mass is 19.1. The molecule has 0 saturated heterocycles. The molecule has 94 valence electrons. The molecule has 0 amide bonds. The Morgan fingerprint density at radius 1 is 0.842 bits per heavy atom. The Morgan fingerprint density at radius 3 is 2.53 bits per heavy atom. The Hall–Kier alpha value is -2.35. The lowest BCUT2D eigenvalue weighted by Gasteiger charge is -2.10. The summed E-state index contributed by atoms with van der Waals surface area (Å²) in [6.45, 7) is 0.617. The minimum atomic E-state index is -0.197. The van der Waals surface area contributed by atoms with E-state index in [-0.39, 0.29) is 5.82 Å². The lowest BCUT2D eigenvalue weighted by atomic mass is 10.1. The zero-order valence-corrected chi connectivity index (χ0v) is 10.4. The smallest absolute Gasteiger partial charge is 0.123 e. The average Bonchev–Trinajstić information content (AvgIpc) is 2.45. The van der Waals surface area contributed by atoms with Crippen LogP contribution in [0, 0.1) is 5.82 Å². The Morgan fingerprint density at radius 2 is 1.63 bits per heavy atom. The van der Waals surface area contributed by atoms with Crippen molar-refractivity contribution < 1.29 is 4.39 Å². The first-order valence-electron chi connectivity index (χ1n) is 6.29. The van der Waals surface area contributed by atoms with E-state index in [4.69, 9.17) is 0 Å². The normalized spacial score (nSPS) is 10.6. The maximum absolute atomic E-state index is 13.1. The Bertz CT molecular complexity index is 701. The van der Waals surface area contributed by atoms with Crippen molar-refractivity contribution in [1.29, 1.82) is 0 Å². The van der Waals surface area contributed by atoms with Gasteiger partial charge in [-0.3, -0.25) is 0 Å². The molecule has 0 aliphatic rings. The standard InChI is InChI=1S/C17H14FN/c18-15-8-3-5-13(11-15)12-19-17-10-4-7-14-6-1-2-9-16(14)17/h1-11,19H,12H2. The summed E-state index contributed by atoms with van der Waals surface area (Å²) in [5, 5.41) is 5.75. The molecular formula is C17H14FN. The third kappa shape index (κ3) is 2.58. The maximum atomic E-state index is 13.1. The molecular weight excluding hydrogens is 237 g/mol. The number of halogens is 1. The van der Waals surface area contributed by atoms with Gasteiger partial charge in [0.1, 0.15) is 5.82 Å². The zero-order chi connectivity index (χ0) is 13.1. The Balaban J connectivity index is 1.86. The zero-order valence-electron chi connectivity index (χ0n) is 10.4. The van der Waals surface area contributed by atoms with E-state index in [1.165, 1.54) is 16.8 Å². The SMILES string of the molecule is Fc1cccc(CNc2cccc3ccccc23)c1. The highest BCUT2D eigenvalue weighted by Gasteiger charge is 2.00. The number of hydrogen-bond acceptors (Lipinski definition) is 1. The molecule has 3 rings (SSSR count). The van der Waals surface area contributed by atoms with Crippen LogP contribution in [0.2, 0.25) is 0 Å². The summed E-state index contributed by atoms with van der Waals surface area (Å²) in [6, 6.07) is 21.0. The number of hydrogen-bond donors (Lipinski definition) is 1. The maximum Gasteiger partial charge on any atom is 0.123 e. The van der Waals surface area contributed by atoms with Gasteiger partial charge in [0, 0.05) is 17.6 Å². The summed E-state index contributed by atoms with van der Waals surface area (Å²) in [6.07, 6.45) is 0. The van der Waals surface area contributed by atoms with Crippen molar-refractivity contribution in [1.82, 2.24) is 0 Å². The monoisotopic (exact) mass is 251 g/mol. The molecule has 0 radical (unpaired) electrons. The fourth-order valence-electron chi connectivity index (χ4n) is 2.22. The van der Waals surface area contributed by atoms with Crippen LogP contribution in [0.25, 0.3) is 10.8 Å². The van der Waals surface area contributed by atoms with E-state index in [1.54, 1.807) is 12.1 Å². The molecule has 0 atom stereocenters. The predicted octanol–water partition coefficient (Wildman–Crippen LogP) is 4.59. The third-order valence-corrected chi connectivity index (χ3v) is 3.16.